The molecule has 0 amide bonds. The lowest BCUT2D eigenvalue weighted by molar-refractivity contribution is -0.139. The first-order valence-electron chi connectivity index (χ1n) is 4.45. The largest absolute Gasteiger partial charge is 0.469 e. The summed E-state index contributed by atoms with van der Waals surface area (Å²) in [6, 6.07) is 0. The van der Waals surface area contributed by atoms with Crippen LogP contribution in [0.25, 0.3) is 0 Å². The molecular formula is C10H15NO3. The second-order valence-corrected chi connectivity index (χ2v) is 4.15. The number of carbonyl (C=O) groups is 1. The monoisotopic (exact) mass is 197 g/mol. The Balaban J connectivity index is 2.74. The number of carbonyl (C=O) groups excluding carboxylic acids is 1. The minimum absolute atomic E-state index is 0.131. The van der Waals surface area contributed by atoms with Gasteiger partial charge in [-0.05, 0) is 0 Å². The van der Waals surface area contributed by atoms with Crippen molar-refractivity contribution in [2.75, 3.05) is 7.11 Å². The van der Waals surface area contributed by atoms with Gasteiger partial charge in [0, 0.05) is 5.41 Å². The van der Waals surface area contributed by atoms with Crippen molar-refractivity contribution in [3.8, 4) is 0 Å². The molecule has 0 radical (unpaired) electrons. The van der Waals surface area contributed by atoms with Gasteiger partial charge in [-0.15, -0.1) is 0 Å². The summed E-state index contributed by atoms with van der Waals surface area (Å²) in [5.41, 5.74) is 0.482. The van der Waals surface area contributed by atoms with E-state index in [0.29, 0.717) is 11.6 Å². The molecule has 0 fully saturated rings. The molecular weight excluding hydrogens is 182 g/mol. The highest BCUT2D eigenvalue weighted by atomic mass is 16.5. The minimum Gasteiger partial charge on any atom is -0.469 e. The van der Waals surface area contributed by atoms with E-state index in [1.807, 2.05) is 20.8 Å². The molecule has 1 rings (SSSR count). The third kappa shape index (κ3) is 2.58. The molecule has 1 aromatic rings. The molecule has 0 saturated carbocycles. The van der Waals surface area contributed by atoms with E-state index in [9.17, 15) is 4.79 Å². The SMILES string of the molecule is COC(=O)Cc1coc(C(C)(C)C)n1. The molecule has 0 atom stereocenters. The number of aromatic nitrogens is 1. The first-order valence-corrected chi connectivity index (χ1v) is 4.45. The van der Waals surface area contributed by atoms with Crippen molar-refractivity contribution >= 4 is 5.97 Å². The van der Waals surface area contributed by atoms with Gasteiger partial charge >= 0.3 is 5.97 Å². The van der Waals surface area contributed by atoms with E-state index in [4.69, 9.17) is 4.42 Å². The standard InChI is InChI=1S/C10H15NO3/c1-10(2,3)9-11-7(6-14-9)5-8(12)13-4/h6H,5H2,1-4H3. The molecule has 0 aliphatic heterocycles. The molecule has 0 aromatic carbocycles. The van der Waals surface area contributed by atoms with Gasteiger partial charge in [0.2, 0.25) is 0 Å². The van der Waals surface area contributed by atoms with Crippen LogP contribution in [0.5, 0.6) is 0 Å². The van der Waals surface area contributed by atoms with Crippen LogP contribution >= 0.6 is 0 Å². The van der Waals surface area contributed by atoms with Crippen molar-refractivity contribution in [3.63, 3.8) is 0 Å². The molecule has 4 nitrogen and oxygen atoms in total. The Morgan fingerprint density at radius 1 is 1.57 bits per heavy atom. The summed E-state index contributed by atoms with van der Waals surface area (Å²) in [7, 11) is 1.35. The van der Waals surface area contributed by atoms with Crippen LogP contribution in [0, 0.1) is 0 Å². The molecule has 1 aromatic heterocycles. The number of nitrogens with zero attached hydrogens (tertiary/aromatic N) is 1. The normalized spacial score (nSPS) is 11.4. The molecule has 14 heavy (non-hydrogen) atoms. The fraction of sp³-hybridized carbons (Fsp3) is 0.600. The maximum absolute atomic E-state index is 10.9. The lowest BCUT2D eigenvalue weighted by Crippen LogP contribution is -2.12. The van der Waals surface area contributed by atoms with Crippen LogP contribution in [0.3, 0.4) is 0 Å². The molecule has 1 heterocycles. The summed E-state index contributed by atoms with van der Waals surface area (Å²) < 4.78 is 9.78. The zero-order valence-corrected chi connectivity index (χ0v) is 8.96. The number of hydrogen-bond donors (Lipinski definition) is 0. The molecule has 0 unspecified atom stereocenters. The Morgan fingerprint density at radius 2 is 2.21 bits per heavy atom. The number of methoxy groups -OCH3 is 1. The zero-order chi connectivity index (χ0) is 10.8. The Morgan fingerprint density at radius 3 is 2.64 bits per heavy atom. The molecule has 0 N–H and O–H groups in total. The topological polar surface area (TPSA) is 52.3 Å². The second kappa shape index (κ2) is 3.82. The molecule has 0 aliphatic carbocycles. The fourth-order valence-corrected chi connectivity index (χ4v) is 0.953. The van der Waals surface area contributed by atoms with Crippen LogP contribution in [-0.4, -0.2) is 18.1 Å². The summed E-state index contributed by atoms with van der Waals surface area (Å²) in [6.45, 7) is 6.00. The van der Waals surface area contributed by atoms with Gasteiger partial charge in [-0.25, -0.2) is 4.98 Å². The van der Waals surface area contributed by atoms with Crippen molar-refractivity contribution in [1.82, 2.24) is 4.98 Å². The molecule has 0 bridgehead atoms. The van der Waals surface area contributed by atoms with Gasteiger partial charge in [-0.3, -0.25) is 4.79 Å². The summed E-state index contributed by atoms with van der Waals surface area (Å²) in [6.07, 6.45) is 1.66. The predicted octanol–water partition coefficient (Wildman–Crippen LogP) is 1.69. The minimum atomic E-state index is -0.307. The van der Waals surface area contributed by atoms with E-state index in [-0.39, 0.29) is 17.8 Å². The molecule has 4 heteroatoms. The summed E-state index contributed by atoms with van der Waals surface area (Å²) in [5, 5.41) is 0. The first kappa shape index (κ1) is 10.8. The number of rotatable bonds is 2. The molecule has 0 spiro atoms. The first-order chi connectivity index (χ1) is 6.43. The van der Waals surface area contributed by atoms with Crippen LogP contribution in [0.1, 0.15) is 32.4 Å². The average molecular weight is 197 g/mol. The number of esters is 1. The van der Waals surface area contributed by atoms with Gasteiger partial charge in [-0.1, -0.05) is 20.8 Å². The van der Waals surface area contributed by atoms with Gasteiger partial charge in [-0.2, -0.15) is 0 Å². The van der Waals surface area contributed by atoms with Crippen LogP contribution in [0.4, 0.5) is 0 Å². The van der Waals surface area contributed by atoms with E-state index in [1.165, 1.54) is 13.4 Å². The quantitative estimate of drug-likeness (QED) is 0.677. The van der Waals surface area contributed by atoms with Gasteiger partial charge in [0.25, 0.3) is 0 Å². The van der Waals surface area contributed by atoms with Gasteiger partial charge in [0.05, 0.1) is 19.2 Å². The molecule has 78 valence electrons. The maximum atomic E-state index is 10.9. The van der Waals surface area contributed by atoms with Crippen LogP contribution in [0.2, 0.25) is 0 Å². The van der Waals surface area contributed by atoms with Crippen LogP contribution < -0.4 is 0 Å². The summed E-state index contributed by atoms with van der Waals surface area (Å²) in [5.74, 6) is 0.329. The highest BCUT2D eigenvalue weighted by Gasteiger charge is 2.20. The Hall–Kier alpha value is -1.32. The van der Waals surface area contributed by atoms with Crippen molar-refractivity contribution in [2.24, 2.45) is 0 Å². The van der Waals surface area contributed by atoms with Crippen LogP contribution in [0.15, 0.2) is 10.7 Å². The highest BCUT2D eigenvalue weighted by molar-refractivity contribution is 5.71. The van der Waals surface area contributed by atoms with E-state index >= 15 is 0 Å². The Bertz CT molecular complexity index is 322. The predicted molar refractivity (Wildman–Crippen MR) is 50.9 cm³/mol. The fourth-order valence-electron chi connectivity index (χ4n) is 0.953. The maximum Gasteiger partial charge on any atom is 0.311 e. The number of ether oxygens (including phenoxy) is 1. The van der Waals surface area contributed by atoms with E-state index in [1.54, 1.807) is 0 Å². The third-order valence-electron chi connectivity index (χ3n) is 1.75. The summed E-state index contributed by atoms with van der Waals surface area (Å²) >= 11 is 0. The Kier molecular flexibility index (Phi) is 2.93. The smallest absolute Gasteiger partial charge is 0.311 e. The number of oxazole rings is 1. The van der Waals surface area contributed by atoms with Gasteiger partial charge in [0.15, 0.2) is 5.89 Å². The zero-order valence-electron chi connectivity index (χ0n) is 8.96. The Labute approximate surface area is 83.3 Å². The van der Waals surface area contributed by atoms with E-state index in [2.05, 4.69) is 9.72 Å². The van der Waals surface area contributed by atoms with Crippen molar-refractivity contribution in [3.05, 3.63) is 17.8 Å². The average Bonchev–Trinajstić information content (AvgIpc) is 2.51. The van der Waals surface area contributed by atoms with E-state index in [0.717, 1.165) is 0 Å². The lowest BCUT2D eigenvalue weighted by atomic mass is 9.97. The molecule has 0 aliphatic rings. The van der Waals surface area contributed by atoms with Crippen molar-refractivity contribution < 1.29 is 13.9 Å². The molecule has 0 saturated heterocycles. The number of hydrogen-bond acceptors (Lipinski definition) is 4. The third-order valence-corrected chi connectivity index (χ3v) is 1.75. The van der Waals surface area contributed by atoms with E-state index < -0.39 is 0 Å². The second-order valence-electron chi connectivity index (χ2n) is 4.15. The van der Waals surface area contributed by atoms with Gasteiger partial charge in [0.1, 0.15) is 6.26 Å². The highest BCUT2D eigenvalue weighted by Crippen LogP contribution is 2.21. The van der Waals surface area contributed by atoms with Crippen molar-refractivity contribution in [1.29, 1.82) is 0 Å². The lowest BCUT2D eigenvalue weighted by Gasteiger charge is -2.11. The van der Waals surface area contributed by atoms with Crippen molar-refractivity contribution in [2.45, 2.75) is 32.6 Å². The van der Waals surface area contributed by atoms with Gasteiger partial charge < -0.3 is 9.15 Å². The van der Waals surface area contributed by atoms with Crippen LogP contribution in [-0.2, 0) is 21.4 Å². The summed E-state index contributed by atoms with van der Waals surface area (Å²) in [4.78, 5) is 15.1.